The molecule has 2 rings (SSSR count). The number of hydrogen-bond acceptors (Lipinski definition) is 4. The van der Waals surface area contributed by atoms with Gasteiger partial charge in [-0.25, -0.2) is 8.42 Å². The minimum absolute atomic E-state index is 0.109. The van der Waals surface area contributed by atoms with E-state index in [1.54, 1.807) is 6.07 Å². The zero-order valence-corrected chi connectivity index (χ0v) is 9.56. The minimum atomic E-state index is -3.72. The van der Waals surface area contributed by atoms with Crippen LogP contribution in [0.3, 0.4) is 0 Å². The molecular weight excluding hydrogens is 240 g/mol. The zero-order valence-electron chi connectivity index (χ0n) is 7.99. The molecular formula is C9H9ClO4S. The van der Waals surface area contributed by atoms with Gasteiger partial charge in [-0.2, -0.15) is 0 Å². The molecule has 0 aliphatic carbocycles. The van der Waals surface area contributed by atoms with E-state index in [2.05, 4.69) is 0 Å². The summed E-state index contributed by atoms with van der Waals surface area (Å²) in [6.45, 7) is 0.453. The summed E-state index contributed by atoms with van der Waals surface area (Å²) in [6, 6.07) is 2.98. The van der Waals surface area contributed by atoms with Crippen LogP contribution in [0.2, 0.25) is 0 Å². The number of benzene rings is 1. The van der Waals surface area contributed by atoms with Crippen molar-refractivity contribution in [2.45, 2.75) is 11.3 Å². The third kappa shape index (κ3) is 1.77. The first-order valence-corrected chi connectivity index (χ1v) is 6.62. The molecule has 0 spiro atoms. The second kappa shape index (κ2) is 3.57. The van der Waals surface area contributed by atoms with Crippen molar-refractivity contribution in [2.75, 3.05) is 13.7 Å². The lowest BCUT2D eigenvalue weighted by atomic mass is 10.1. The fraction of sp³-hybridized carbons (Fsp3) is 0.333. The molecule has 0 aromatic heterocycles. The van der Waals surface area contributed by atoms with Crippen molar-refractivity contribution < 1.29 is 17.9 Å². The lowest BCUT2D eigenvalue weighted by molar-refractivity contribution is 0.326. The van der Waals surface area contributed by atoms with Crippen LogP contribution in [0.25, 0.3) is 0 Å². The van der Waals surface area contributed by atoms with Crippen molar-refractivity contribution in [1.29, 1.82) is 0 Å². The van der Waals surface area contributed by atoms with Gasteiger partial charge in [-0.15, -0.1) is 0 Å². The Balaban J connectivity index is 2.67. The second-order valence-electron chi connectivity index (χ2n) is 3.11. The van der Waals surface area contributed by atoms with Crippen LogP contribution in [-0.4, -0.2) is 22.1 Å². The van der Waals surface area contributed by atoms with Crippen LogP contribution < -0.4 is 9.47 Å². The Morgan fingerprint density at radius 3 is 2.80 bits per heavy atom. The standard InChI is InChI=1S/C9H9ClO4S/c1-13-7-2-3-8(15(10,11)12)6-4-5-14-9(6)7/h2-3H,4-5H2,1H3. The molecule has 1 aliphatic rings. The molecule has 1 aromatic carbocycles. The van der Waals surface area contributed by atoms with Gasteiger partial charge in [0.05, 0.1) is 18.6 Å². The van der Waals surface area contributed by atoms with Gasteiger partial charge in [0.15, 0.2) is 11.5 Å². The Kier molecular flexibility index (Phi) is 2.52. The molecule has 0 saturated heterocycles. The maximum absolute atomic E-state index is 11.3. The summed E-state index contributed by atoms with van der Waals surface area (Å²) in [7, 11) is 3.10. The summed E-state index contributed by atoms with van der Waals surface area (Å²) in [4.78, 5) is 0.109. The largest absolute Gasteiger partial charge is 0.493 e. The number of hydrogen-bond donors (Lipinski definition) is 0. The normalized spacial score (nSPS) is 14.5. The van der Waals surface area contributed by atoms with E-state index >= 15 is 0 Å². The van der Waals surface area contributed by atoms with Crippen molar-refractivity contribution in [3.63, 3.8) is 0 Å². The van der Waals surface area contributed by atoms with Crippen LogP contribution >= 0.6 is 10.7 Å². The molecule has 1 aromatic rings. The second-order valence-corrected chi connectivity index (χ2v) is 5.64. The van der Waals surface area contributed by atoms with Crippen LogP contribution in [0.1, 0.15) is 5.56 Å². The van der Waals surface area contributed by atoms with Gasteiger partial charge in [0, 0.05) is 22.7 Å². The Labute approximate surface area is 92.2 Å². The quantitative estimate of drug-likeness (QED) is 0.746. The van der Waals surface area contributed by atoms with E-state index < -0.39 is 9.05 Å². The highest BCUT2D eigenvalue weighted by atomic mass is 35.7. The first kappa shape index (κ1) is 10.6. The smallest absolute Gasteiger partial charge is 0.261 e. The number of halogens is 1. The highest BCUT2D eigenvalue weighted by Crippen LogP contribution is 2.40. The van der Waals surface area contributed by atoms with Crippen molar-refractivity contribution >= 4 is 19.7 Å². The molecule has 1 heterocycles. The number of ether oxygens (including phenoxy) is 2. The summed E-state index contributed by atoms with van der Waals surface area (Å²) in [5.41, 5.74) is 0.601. The molecule has 0 amide bonds. The maximum Gasteiger partial charge on any atom is 0.261 e. The number of methoxy groups -OCH3 is 1. The highest BCUT2D eigenvalue weighted by molar-refractivity contribution is 8.13. The van der Waals surface area contributed by atoms with Crippen molar-refractivity contribution in [3.05, 3.63) is 17.7 Å². The van der Waals surface area contributed by atoms with Gasteiger partial charge in [-0.1, -0.05) is 0 Å². The van der Waals surface area contributed by atoms with Gasteiger partial charge in [0.1, 0.15) is 0 Å². The summed E-state index contributed by atoms with van der Waals surface area (Å²) in [6.07, 6.45) is 0.536. The number of rotatable bonds is 2. The Bertz CT molecular complexity index is 495. The molecule has 0 saturated carbocycles. The van der Waals surface area contributed by atoms with E-state index in [0.29, 0.717) is 30.1 Å². The third-order valence-corrected chi connectivity index (χ3v) is 3.67. The monoisotopic (exact) mass is 248 g/mol. The van der Waals surface area contributed by atoms with E-state index in [9.17, 15) is 8.42 Å². The first-order chi connectivity index (χ1) is 7.04. The first-order valence-electron chi connectivity index (χ1n) is 4.31. The Hall–Kier alpha value is -0.940. The fourth-order valence-corrected chi connectivity index (χ4v) is 2.78. The Morgan fingerprint density at radius 1 is 1.47 bits per heavy atom. The molecule has 0 radical (unpaired) electrons. The molecule has 1 aliphatic heterocycles. The molecule has 0 N–H and O–H groups in total. The highest BCUT2D eigenvalue weighted by Gasteiger charge is 2.26. The van der Waals surface area contributed by atoms with Crippen LogP contribution in [-0.2, 0) is 15.5 Å². The lowest BCUT2D eigenvalue weighted by Gasteiger charge is -2.08. The predicted octanol–water partition coefficient (Wildman–Crippen LogP) is 1.56. The summed E-state index contributed by atoms with van der Waals surface area (Å²) in [5.74, 6) is 1.02. The van der Waals surface area contributed by atoms with Gasteiger partial charge in [0.2, 0.25) is 0 Å². The van der Waals surface area contributed by atoms with Crippen molar-refractivity contribution in [2.24, 2.45) is 0 Å². The fourth-order valence-electron chi connectivity index (χ4n) is 1.63. The van der Waals surface area contributed by atoms with Crippen LogP contribution in [0.15, 0.2) is 17.0 Å². The van der Waals surface area contributed by atoms with Gasteiger partial charge in [0.25, 0.3) is 9.05 Å². The molecule has 6 heteroatoms. The van der Waals surface area contributed by atoms with Gasteiger partial charge < -0.3 is 9.47 Å². The maximum atomic E-state index is 11.3. The molecule has 0 fully saturated rings. The van der Waals surface area contributed by atoms with E-state index in [1.807, 2.05) is 0 Å². The van der Waals surface area contributed by atoms with Gasteiger partial charge in [-0.05, 0) is 12.1 Å². The van der Waals surface area contributed by atoms with E-state index in [1.165, 1.54) is 13.2 Å². The van der Waals surface area contributed by atoms with Crippen molar-refractivity contribution in [1.82, 2.24) is 0 Å². The van der Waals surface area contributed by atoms with Crippen LogP contribution in [0.4, 0.5) is 0 Å². The number of fused-ring (bicyclic) bond motifs is 1. The van der Waals surface area contributed by atoms with E-state index in [4.69, 9.17) is 20.2 Å². The van der Waals surface area contributed by atoms with E-state index in [0.717, 1.165) is 0 Å². The summed E-state index contributed by atoms with van der Waals surface area (Å²) in [5, 5.41) is 0. The summed E-state index contributed by atoms with van der Waals surface area (Å²) >= 11 is 0. The molecule has 0 bridgehead atoms. The summed E-state index contributed by atoms with van der Waals surface area (Å²) < 4.78 is 32.9. The predicted molar refractivity (Wildman–Crippen MR) is 55.2 cm³/mol. The van der Waals surface area contributed by atoms with Crippen molar-refractivity contribution in [3.8, 4) is 11.5 Å². The molecule has 0 atom stereocenters. The third-order valence-electron chi connectivity index (χ3n) is 2.26. The molecule has 4 nitrogen and oxygen atoms in total. The van der Waals surface area contributed by atoms with Crippen LogP contribution in [0, 0.1) is 0 Å². The van der Waals surface area contributed by atoms with E-state index in [-0.39, 0.29) is 4.90 Å². The molecule has 82 valence electrons. The SMILES string of the molecule is COc1ccc(S(=O)(=O)Cl)c2c1OCC2. The van der Waals surface area contributed by atoms with Gasteiger partial charge >= 0.3 is 0 Å². The Morgan fingerprint density at radius 2 is 2.20 bits per heavy atom. The van der Waals surface area contributed by atoms with Crippen LogP contribution in [0.5, 0.6) is 11.5 Å². The molecule has 15 heavy (non-hydrogen) atoms. The average Bonchev–Trinajstić information content (AvgIpc) is 2.62. The lowest BCUT2D eigenvalue weighted by Crippen LogP contribution is -1.97. The average molecular weight is 249 g/mol. The topological polar surface area (TPSA) is 52.6 Å². The minimum Gasteiger partial charge on any atom is -0.493 e. The molecule has 0 unspecified atom stereocenters. The van der Waals surface area contributed by atoms with Gasteiger partial charge in [-0.3, -0.25) is 0 Å². The zero-order chi connectivity index (χ0) is 11.1.